The molecule has 1 atom stereocenters. The molecular weight excluding hydrogens is 388 g/mol. The number of rotatable bonds is 6. The molecule has 2 rings (SSSR count). The fraction of sp³-hybridized carbons (Fsp3) is 0.278. The number of ether oxygens (including phenoxy) is 1. The lowest BCUT2D eigenvalue weighted by Gasteiger charge is -2.18. The van der Waals surface area contributed by atoms with Crippen LogP contribution in [0.1, 0.15) is 24.5 Å². The molecule has 0 aromatic heterocycles. The maximum absolute atomic E-state index is 13.7. The minimum absolute atomic E-state index is 0. The van der Waals surface area contributed by atoms with Crippen LogP contribution < -0.4 is 15.8 Å². The minimum Gasteiger partial charge on any atom is -0.478 e. The Kier molecular flexibility index (Phi) is 8.05. The van der Waals surface area contributed by atoms with E-state index in [1.54, 1.807) is 13.0 Å². The van der Waals surface area contributed by atoms with Gasteiger partial charge in [-0.3, -0.25) is 4.79 Å². The Balaban J connectivity index is 0.00000364. The fourth-order valence-electron chi connectivity index (χ4n) is 2.28. The molecule has 3 N–H and O–H groups in total. The number of benzene rings is 2. The average molecular weight is 407 g/mol. The van der Waals surface area contributed by atoms with E-state index in [4.69, 9.17) is 10.5 Å². The number of nitrogens with two attached hydrogens (primary N) is 1. The highest BCUT2D eigenvalue weighted by atomic mass is 35.5. The first-order valence-corrected chi connectivity index (χ1v) is 7.88. The number of anilines is 1. The summed E-state index contributed by atoms with van der Waals surface area (Å²) in [7, 11) is 0. The van der Waals surface area contributed by atoms with Gasteiger partial charge in [0.25, 0.3) is 5.91 Å². The Hall–Kier alpha value is -2.32. The average Bonchev–Trinajstić information content (AvgIpc) is 2.59. The zero-order valence-electron chi connectivity index (χ0n) is 14.3. The normalized spacial score (nSPS) is 12.1. The largest absolute Gasteiger partial charge is 0.478 e. The van der Waals surface area contributed by atoms with E-state index >= 15 is 0 Å². The number of halogens is 5. The van der Waals surface area contributed by atoms with Crippen LogP contribution in [0.3, 0.4) is 0 Å². The van der Waals surface area contributed by atoms with Gasteiger partial charge in [0.2, 0.25) is 0 Å². The Bertz CT molecular complexity index is 784. The number of para-hydroxylation sites is 1. The molecule has 0 saturated carbocycles. The maximum atomic E-state index is 13.7. The molecule has 0 fully saturated rings. The van der Waals surface area contributed by atoms with Gasteiger partial charge < -0.3 is 15.8 Å². The van der Waals surface area contributed by atoms with Gasteiger partial charge in [-0.2, -0.15) is 13.2 Å². The summed E-state index contributed by atoms with van der Waals surface area (Å²) in [6.07, 6.45) is -5.44. The van der Waals surface area contributed by atoms with E-state index in [1.807, 2.05) is 0 Å². The van der Waals surface area contributed by atoms with Gasteiger partial charge in [0.05, 0.1) is 5.56 Å². The van der Waals surface area contributed by atoms with Gasteiger partial charge >= 0.3 is 6.18 Å². The smallest absolute Gasteiger partial charge is 0.416 e. The quantitative estimate of drug-likeness (QED) is 0.693. The summed E-state index contributed by atoms with van der Waals surface area (Å²) in [5, 5.41) is 2.38. The van der Waals surface area contributed by atoms with Crippen molar-refractivity contribution in [2.75, 3.05) is 5.32 Å². The number of hydrogen-bond donors (Lipinski definition) is 2. The Labute approximate surface area is 160 Å². The Morgan fingerprint density at radius 2 is 1.89 bits per heavy atom. The monoisotopic (exact) mass is 406 g/mol. The third-order valence-electron chi connectivity index (χ3n) is 3.59. The summed E-state index contributed by atoms with van der Waals surface area (Å²) in [4.78, 5) is 12.3. The Morgan fingerprint density at radius 3 is 2.44 bits per heavy atom. The molecule has 2 aromatic rings. The van der Waals surface area contributed by atoms with E-state index in [0.29, 0.717) is 0 Å². The molecule has 0 heterocycles. The van der Waals surface area contributed by atoms with Crippen molar-refractivity contribution in [3.63, 3.8) is 0 Å². The van der Waals surface area contributed by atoms with Crippen LogP contribution in [0.2, 0.25) is 0 Å². The standard InChI is InChI=1S/C18H18F4N2O2.ClH/c1-2-15(26-16-6-4-3-5-14(16)19)17(25)24-13-8-11(10-23)7-12(9-13)18(20,21)22;/h3-9,15H,2,10,23H2,1H3,(H,24,25);1H. The van der Waals surface area contributed by atoms with Crippen LogP contribution in [0.5, 0.6) is 5.75 Å². The van der Waals surface area contributed by atoms with E-state index in [0.717, 1.165) is 12.1 Å². The Morgan fingerprint density at radius 1 is 1.22 bits per heavy atom. The summed E-state index contributed by atoms with van der Waals surface area (Å²) in [6, 6.07) is 8.64. The molecule has 9 heteroatoms. The third-order valence-corrected chi connectivity index (χ3v) is 3.59. The van der Waals surface area contributed by atoms with Gasteiger partial charge in [-0.05, 0) is 42.3 Å². The highest BCUT2D eigenvalue weighted by Gasteiger charge is 2.31. The zero-order valence-corrected chi connectivity index (χ0v) is 15.2. The van der Waals surface area contributed by atoms with E-state index in [9.17, 15) is 22.4 Å². The molecule has 27 heavy (non-hydrogen) atoms. The number of carbonyl (C=O) groups is 1. The highest BCUT2D eigenvalue weighted by Crippen LogP contribution is 2.32. The first kappa shape index (κ1) is 22.7. The second-order valence-electron chi connectivity index (χ2n) is 5.55. The molecule has 0 radical (unpaired) electrons. The molecule has 2 aromatic carbocycles. The van der Waals surface area contributed by atoms with Crippen molar-refractivity contribution in [3.8, 4) is 5.75 Å². The first-order chi connectivity index (χ1) is 12.2. The highest BCUT2D eigenvalue weighted by molar-refractivity contribution is 5.94. The molecule has 0 aliphatic heterocycles. The number of hydrogen-bond acceptors (Lipinski definition) is 3. The number of alkyl halides is 3. The van der Waals surface area contributed by atoms with Crippen LogP contribution in [-0.4, -0.2) is 12.0 Å². The second-order valence-corrected chi connectivity index (χ2v) is 5.55. The lowest BCUT2D eigenvalue weighted by molar-refractivity contribution is -0.137. The van der Waals surface area contributed by atoms with Crippen molar-refractivity contribution in [2.24, 2.45) is 5.73 Å². The lowest BCUT2D eigenvalue weighted by Crippen LogP contribution is -2.32. The van der Waals surface area contributed by atoms with Crippen molar-refractivity contribution >= 4 is 24.0 Å². The van der Waals surface area contributed by atoms with Crippen molar-refractivity contribution in [3.05, 3.63) is 59.4 Å². The molecule has 1 amide bonds. The third kappa shape index (κ3) is 6.11. The van der Waals surface area contributed by atoms with Crippen molar-refractivity contribution < 1.29 is 27.1 Å². The molecule has 148 valence electrons. The fourth-order valence-corrected chi connectivity index (χ4v) is 2.28. The van der Waals surface area contributed by atoms with Crippen LogP contribution >= 0.6 is 12.4 Å². The zero-order chi connectivity index (χ0) is 19.3. The van der Waals surface area contributed by atoms with E-state index in [1.165, 1.54) is 24.3 Å². The lowest BCUT2D eigenvalue weighted by atomic mass is 10.1. The maximum Gasteiger partial charge on any atom is 0.416 e. The number of carbonyl (C=O) groups excluding carboxylic acids is 1. The van der Waals surface area contributed by atoms with Gasteiger partial charge in [-0.25, -0.2) is 4.39 Å². The summed E-state index contributed by atoms with van der Waals surface area (Å²) in [5.74, 6) is -1.43. The predicted octanol–water partition coefficient (Wildman–Crippen LogP) is 4.52. The van der Waals surface area contributed by atoms with Gasteiger partial charge in [-0.15, -0.1) is 12.4 Å². The predicted molar refractivity (Wildman–Crippen MR) is 96.3 cm³/mol. The minimum atomic E-state index is -4.57. The van der Waals surface area contributed by atoms with Crippen molar-refractivity contribution in [1.82, 2.24) is 0 Å². The van der Waals surface area contributed by atoms with E-state index in [2.05, 4.69) is 5.32 Å². The summed E-state index contributed by atoms with van der Waals surface area (Å²) < 4.78 is 57.9. The molecule has 0 saturated heterocycles. The second kappa shape index (κ2) is 9.57. The SMILES string of the molecule is CCC(Oc1ccccc1F)C(=O)Nc1cc(CN)cc(C(F)(F)F)c1.Cl. The molecule has 1 unspecified atom stereocenters. The number of amides is 1. The molecular formula is C18H19ClF4N2O2. The van der Waals surface area contributed by atoms with Gasteiger partial charge in [-0.1, -0.05) is 19.1 Å². The van der Waals surface area contributed by atoms with Crippen LogP contribution in [0.15, 0.2) is 42.5 Å². The summed E-state index contributed by atoms with van der Waals surface area (Å²) in [6.45, 7) is 1.53. The molecule has 0 bridgehead atoms. The first-order valence-electron chi connectivity index (χ1n) is 7.88. The van der Waals surface area contributed by atoms with Crippen molar-refractivity contribution in [2.45, 2.75) is 32.2 Å². The molecule has 0 spiro atoms. The van der Waals surface area contributed by atoms with E-state index in [-0.39, 0.29) is 42.4 Å². The van der Waals surface area contributed by atoms with Gasteiger partial charge in [0.15, 0.2) is 17.7 Å². The van der Waals surface area contributed by atoms with E-state index < -0.39 is 29.6 Å². The summed E-state index contributed by atoms with van der Waals surface area (Å²) in [5.41, 5.74) is 4.67. The number of nitrogens with one attached hydrogen (secondary N) is 1. The van der Waals surface area contributed by atoms with Crippen LogP contribution in [0.25, 0.3) is 0 Å². The topological polar surface area (TPSA) is 64.3 Å². The van der Waals surface area contributed by atoms with Gasteiger partial charge in [0, 0.05) is 12.2 Å². The van der Waals surface area contributed by atoms with Crippen LogP contribution in [0, 0.1) is 5.82 Å². The molecule has 0 aliphatic carbocycles. The van der Waals surface area contributed by atoms with Crippen molar-refractivity contribution in [1.29, 1.82) is 0 Å². The van der Waals surface area contributed by atoms with Gasteiger partial charge in [0.1, 0.15) is 0 Å². The molecule has 0 aliphatic rings. The van der Waals surface area contributed by atoms with Crippen LogP contribution in [0.4, 0.5) is 23.2 Å². The summed E-state index contributed by atoms with van der Waals surface area (Å²) >= 11 is 0. The molecule has 4 nitrogen and oxygen atoms in total. The van der Waals surface area contributed by atoms with Crippen LogP contribution in [-0.2, 0) is 17.5 Å².